The molecule has 1 heterocycles. The van der Waals surface area contributed by atoms with Crippen molar-refractivity contribution in [2.75, 3.05) is 24.6 Å². The van der Waals surface area contributed by atoms with Crippen LogP contribution in [0.3, 0.4) is 0 Å². The summed E-state index contributed by atoms with van der Waals surface area (Å²) in [6, 6.07) is 9.83. The maximum atomic E-state index is 9.06. The molecule has 0 atom stereocenters. The molecule has 1 N–H and O–H groups in total. The highest BCUT2D eigenvalue weighted by Crippen LogP contribution is 2.23. The molecule has 1 aromatic rings. The number of nitriles is 1. The minimum Gasteiger partial charge on any atom is -0.396 e. The number of hydrogen-bond acceptors (Lipinski definition) is 3. The first-order valence-electron chi connectivity index (χ1n) is 5.69. The zero-order chi connectivity index (χ0) is 11.4. The Kier molecular flexibility index (Phi) is 3.43. The third-order valence-electron chi connectivity index (χ3n) is 3.23. The summed E-state index contributed by atoms with van der Waals surface area (Å²) in [7, 11) is 0. The van der Waals surface area contributed by atoms with Crippen molar-refractivity contribution in [2.24, 2.45) is 5.92 Å². The molecule has 1 saturated heterocycles. The van der Waals surface area contributed by atoms with Crippen molar-refractivity contribution in [3.63, 3.8) is 0 Å². The number of aliphatic hydroxyl groups is 1. The first-order valence-corrected chi connectivity index (χ1v) is 5.69. The van der Waals surface area contributed by atoms with Crippen LogP contribution >= 0.6 is 0 Å². The van der Waals surface area contributed by atoms with E-state index in [-0.39, 0.29) is 0 Å². The van der Waals surface area contributed by atoms with Gasteiger partial charge in [-0.05, 0) is 43.0 Å². The average Bonchev–Trinajstić information content (AvgIpc) is 2.39. The van der Waals surface area contributed by atoms with Gasteiger partial charge in [-0.1, -0.05) is 0 Å². The summed E-state index contributed by atoms with van der Waals surface area (Å²) >= 11 is 0. The first-order chi connectivity index (χ1) is 7.83. The number of hydrogen-bond donors (Lipinski definition) is 1. The van der Waals surface area contributed by atoms with Gasteiger partial charge in [-0.25, -0.2) is 0 Å². The van der Waals surface area contributed by atoms with E-state index in [4.69, 9.17) is 10.4 Å². The lowest BCUT2D eigenvalue weighted by molar-refractivity contribution is 0.203. The van der Waals surface area contributed by atoms with Crippen molar-refractivity contribution in [1.29, 1.82) is 5.26 Å². The van der Waals surface area contributed by atoms with Crippen LogP contribution in [-0.2, 0) is 0 Å². The highest BCUT2D eigenvalue weighted by atomic mass is 16.3. The fourth-order valence-corrected chi connectivity index (χ4v) is 2.12. The van der Waals surface area contributed by atoms with Crippen LogP contribution in [0.25, 0.3) is 0 Å². The topological polar surface area (TPSA) is 47.3 Å². The normalized spacial score (nSPS) is 17.1. The van der Waals surface area contributed by atoms with E-state index in [2.05, 4.69) is 11.0 Å². The van der Waals surface area contributed by atoms with E-state index < -0.39 is 0 Å². The number of piperidine rings is 1. The van der Waals surface area contributed by atoms with Gasteiger partial charge in [-0.15, -0.1) is 0 Å². The highest BCUT2D eigenvalue weighted by molar-refractivity contribution is 5.49. The third-order valence-corrected chi connectivity index (χ3v) is 3.23. The standard InChI is InChI=1S/C13H16N2O/c14-9-11-1-3-13(4-2-11)15-7-5-12(10-16)6-8-15/h1-4,12,16H,5-8,10H2. The molecule has 1 aliphatic rings. The van der Waals surface area contributed by atoms with Crippen LogP contribution in [0.2, 0.25) is 0 Å². The van der Waals surface area contributed by atoms with Crippen LogP contribution in [-0.4, -0.2) is 24.8 Å². The maximum absolute atomic E-state index is 9.06. The molecule has 1 aliphatic heterocycles. The van der Waals surface area contributed by atoms with Crippen LogP contribution in [0.15, 0.2) is 24.3 Å². The number of anilines is 1. The van der Waals surface area contributed by atoms with Crippen molar-refractivity contribution >= 4 is 5.69 Å². The Bertz CT molecular complexity index is 372. The van der Waals surface area contributed by atoms with E-state index in [1.165, 1.54) is 5.69 Å². The first kappa shape index (κ1) is 11.0. The minimum absolute atomic E-state index is 0.307. The monoisotopic (exact) mass is 216 g/mol. The Labute approximate surface area is 95.9 Å². The Morgan fingerprint density at radius 2 is 1.88 bits per heavy atom. The van der Waals surface area contributed by atoms with Crippen molar-refractivity contribution in [1.82, 2.24) is 0 Å². The van der Waals surface area contributed by atoms with Gasteiger partial charge in [-0.3, -0.25) is 0 Å². The number of aliphatic hydroxyl groups excluding tert-OH is 1. The molecule has 84 valence electrons. The van der Waals surface area contributed by atoms with Gasteiger partial charge in [-0.2, -0.15) is 5.26 Å². The molecule has 0 spiro atoms. The molecule has 0 amide bonds. The van der Waals surface area contributed by atoms with Gasteiger partial charge in [0.05, 0.1) is 11.6 Å². The van der Waals surface area contributed by atoms with E-state index in [1.807, 2.05) is 24.3 Å². The Balaban J connectivity index is 2.00. The van der Waals surface area contributed by atoms with Gasteiger partial charge in [0.15, 0.2) is 0 Å². The van der Waals surface area contributed by atoms with Gasteiger partial charge in [0.25, 0.3) is 0 Å². The quantitative estimate of drug-likeness (QED) is 0.819. The lowest BCUT2D eigenvalue weighted by Gasteiger charge is -2.32. The number of nitrogens with zero attached hydrogens (tertiary/aromatic N) is 2. The van der Waals surface area contributed by atoms with Crippen LogP contribution in [0.4, 0.5) is 5.69 Å². The predicted molar refractivity (Wildman–Crippen MR) is 63.2 cm³/mol. The van der Waals surface area contributed by atoms with Crippen molar-refractivity contribution in [2.45, 2.75) is 12.8 Å². The van der Waals surface area contributed by atoms with Gasteiger partial charge in [0.1, 0.15) is 0 Å². The zero-order valence-corrected chi connectivity index (χ0v) is 9.26. The summed E-state index contributed by atoms with van der Waals surface area (Å²) < 4.78 is 0. The van der Waals surface area contributed by atoms with Gasteiger partial charge >= 0.3 is 0 Å². The molecule has 0 saturated carbocycles. The summed E-state index contributed by atoms with van der Waals surface area (Å²) in [6.07, 6.45) is 2.10. The van der Waals surface area contributed by atoms with Gasteiger partial charge < -0.3 is 10.0 Å². The summed E-state index contributed by atoms with van der Waals surface area (Å²) in [4.78, 5) is 2.31. The molecule has 0 aromatic heterocycles. The fourth-order valence-electron chi connectivity index (χ4n) is 2.12. The second-order valence-electron chi connectivity index (χ2n) is 4.27. The molecular weight excluding hydrogens is 200 g/mol. The second-order valence-corrected chi connectivity index (χ2v) is 4.27. The van der Waals surface area contributed by atoms with E-state index in [9.17, 15) is 0 Å². The van der Waals surface area contributed by atoms with Gasteiger partial charge in [0, 0.05) is 25.4 Å². The average molecular weight is 216 g/mol. The molecule has 3 nitrogen and oxygen atoms in total. The van der Waals surface area contributed by atoms with E-state index >= 15 is 0 Å². The van der Waals surface area contributed by atoms with E-state index in [0.29, 0.717) is 18.1 Å². The molecule has 0 bridgehead atoms. The summed E-state index contributed by atoms with van der Waals surface area (Å²) in [5.41, 5.74) is 1.88. The minimum atomic E-state index is 0.307. The zero-order valence-electron chi connectivity index (χ0n) is 9.26. The highest BCUT2D eigenvalue weighted by Gasteiger charge is 2.18. The molecule has 16 heavy (non-hydrogen) atoms. The summed E-state index contributed by atoms with van der Waals surface area (Å²) in [5.74, 6) is 0.467. The Hall–Kier alpha value is -1.53. The molecule has 1 aromatic carbocycles. The predicted octanol–water partition coefficient (Wildman–Crippen LogP) is 1.77. The Morgan fingerprint density at radius 1 is 1.25 bits per heavy atom. The van der Waals surface area contributed by atoms with Crippen molar-refractivity contribution in [3.05, 3.63) is 29.8 Å². The van der Waals surface area contributed by atoms with Crippen LogP contribution in [0.1, 0.15) is 18.4 Å². The lowest BCUT2D eigenvalue weighted by atomic mass is 9.97. The third kappa shape index (κ3) is 2.34. The second kappa shape index (κ2) is 5.00. The van der Waals surface area contributed by atoms with Crippen LogP contribution in [0.5, 0.6) is 0 Å². The van der Waals surface area contributed by atoms with Crippen molar-refractivity contribution < 1.29 is 5.11 Å². The van der Waals surface area contributed by atoms with Crippen molar-refractivity contribution in [3.8, 4) is 6.07 Å². The maximum Gasteiger partial charge on any atom is 0.0991 e. The Morgan fingerprint density at radius 3 is 2.38 bits per heavy atom. The number of rotatable bonds is 2. The molecule has 1 fully saturated rings. The summed E-state index contributed by atoms with van der Waals surface area (Å²) in [5, 5.41) is 17.8. The molecular formula is C13H16N2O. The molecule has 0 unspecified atom stereocenters. The van der Waals surface area contributed by atoms with Crippen LogP contribution in [0, 0.1) is 17.2 Å². The van der Waals surface area contributed by atoms with Crippen LogP contribution < -0.4 is 4.90 Å². The van der Waals surface area contributed by atoms with Gasteiger partial charge in [0.2, 0.25) is 0 Å². The lowest BCUT2D eigenvalue weighted by Crippen LogP contribution is -2.34. The smallest absolute Gasteiger partial charge is 0.0991 e. The van der Waals surface area contributed by atoms with E-state index in [1.54, 1.807) is 0 Å². The SMILES string of the molecule is N#Cc1ccc(N2CCC(CO)CC2)cc1. The van der Waals surface area contributed by atoms with E-state index in [0.717, 1.165) is 25.9 Å². The molecule has 2 rings (SSSR count). The molecule has 0 aliphatic carbocycles. The largest absolute Gasteiger partial charge is 0.396 e. The fraction of sp³-hybridized carbons (Fsp3) is 0.462. The molecule has 0 radical (unpaired) electrons. The molecule has 3 heteroatoms. The number of benzene rings is 1. The summed E-state index contributed by atoms with van der Waals surface area (Å²) in [6.45, 7) is 2.30.